The van der Waals surface area contributed by atoms with Gasteiger partial charge in [-0.3, -0.25) is 0 Å². The van der Waals surface area contributed by atoms with Crippen LogP contribution in [-0.2, 0) is 16.1 Å². The van der Waals surface area contributed by atoms with Crippen LogP contribution in [0.1, 0.15) is 30.0 Å². The predicted molar refractivity (Wildman–Crippen MR) is 72.0 cm³/mol. The number of benzene rings is 1. The summed E-state index contributed by atoms with van der Waals surface area (Å²) in [6.07, 6.45) is -0.823. The first kappa shape index (κ1) is 14.1. The van der Waals surface area contributed by atoms with Crippen molar-refractivity contribution in [2.24, 2.45) is 0 Å². The lowest BCUT2D eigenvalue weighted by atomic mass is 10.1. The van der Waals surface area contributed by atoms with Gasteiger partial charge in [0.1, 0.15) is 11.7 Å². The molecule has 0 N–H and O–H groups in total. The Morgan fingerprint density at radius 1 is 1.45 bits per heavy atom. The van der Waals surface area contributed by atoms with E-state index >= 15 is 0 Å². The fraction of sp³-hybridized carbons (Fsp3) is 0.333. The second kappa shape index (κ2) is 6.22. The van der Waals surface area contributed by atoms with Crippen molar-refractivity contribution in [2.45, 2.75) is 26.6 Å². The zero-order chi connectivity index (χ0) is 14.5. The zero-order valence-corrected chi connectivity index (χ0v) is 11.4. The highest BCUT2D eigenvalue weighted by Gasteiger charge is 2.23. The van der Waals surface area contributed by atoms with Crippen molar-refractivity contribution in [3.63, 3.8) is 0 Å². The van der Waals surface area contributed by atoms with E-state index in [0.717, 1.165) is 5.39 Å². The van der Waals surface area contributed by atoms with Crippen molar-refractivity contribution in [1.82, 2.24) is 0 Å². The maximum Gasteiger partial charge on any atom is 0.375 e. The van der Waals surface area contributed by atoms with Crippen LogP contribution in [0.2, 0.25) is 0 Å². The lowest BCUT2D eigenvalue weighted by molar-refractivity contribution is 0.0393. The van der Waals surface area contributed by atoms with Gasteiger partial charge in [0.2, 0.25) is 5.76 Å². The highest BCUT2D eigenvalue weighted by molar-refractivity contribution is 5.96. The molecule has 104 valence electrons. The molecule has 0 unspecified atom stereocenters. The summed E-state index contributed by atoms with van der Waals surface area (Å²) in [6.45, 7) is 4.17. The molecule has 0 fully saturated rings. The standard InChI is InChI=1S/C15H15NO4/c1-3-18-9-12-11-6-4-5-7-13(11)20-14(12)15(17)19-10(2)8-16/h4-7,10H,3,9H2,1-2H3/t10-/m0/s1. The van der Waals surface area contributed by atoms with E-state index in [1.54, 1.807) is 6.07 Å². The molecule has 0 saturated carbocycles. The van der Waals surface area contributed by atoms with E-state index in [2.05, 4.69) is 0 Å². The average Bonchev–Trinajstić information content (AvgIpc) is 2.83. The summed E-state index contributed by atoms with van der Waals surface area (Å²) < 4.78 is 15.9. The van der Waals surface area contributed by atoms with Gasteiger partial charge in [-0.25, -0.2) is 4.79 Å². The molecule has 1 atom stereocenters. The minimum atomic E-state index is -0.823. The van der Waals surface area contributed by atoms with E-state index < -0.39 is 12.1 Å². The number of carbonyl (C=O) groups excluding carboxylic acids is 1. The monoisotopic (exact) mass is 273 g/mol. The number of carbonyl (C=O) groups is 1. The number of fused-ring (bicyclic) bond motifs is 1. The lowest BCUT2D eigenvalue weighted by Crippen LogP contribution is -2.14. The summed E-state index contributed by atoms with van der Waals surface area (Å²) >= 11 is 0. The first-order chi connectivity index (χ1) is 9.67. The van der Waals surface area contributed by atoms with Gasteiger partial charge in [-0.15, -0.1) is 0 Å². The summed E-state index contributed by atoms with van der Waals surface area (Å²) in [4.78, 5) is 12.0. The Bertz CT molecular complexity index is 653. The topological polar surface area (TPSA) is 72.5 Å². The molecule has 0 aliphatic heterocycles. The minimum Gasteiger partial charge on any atom is -0.449 e. The second-order valence-corrected chi connectivity index (χ2v) is 4.22. The number of nitrogens with zero attached hydrogens (tertiary/aromatic N) is 1. The molecule has 1 heterocycles. The van der Waals surface area contributed by atoms with Crippen LogP contribution in [0, 0.1) is 11.3 Å². The third kappa shape index (κ3) is 2.81. The fourth-order valence-corrected chi connectivity index (χ4v) is 1.85. The molecular formula is C15H15NO4. The molecule has 5 nitrogen and oxygen atoms in total. The molecule has 0 aliphatic carbocycles. The van der Waals surface area contributed by atoms with E-state index in [1.165, 1.54) is 6.92 Å². The normalized spacial score (nSPS) is 12.1. The number of hydrogen-bond donors (Lipinski definition) is 0. The molecule has 1 aromatic heterocycles. The van der Waals surface area contributed by atoms with E-state index in [0.29, 0.717) is 17.8 Å². The second-order valence-electron chi connectivity index (χ2n) is 4.22. The molecule has 2 aromatic rings. The Balaban J connectivity index is 2.40. The first-order valence-electron chi connectivity index (χ1n) is 6.36. The van der Waals surface area contributed by atoms with Crippen molar-refractivity contribution in [1.29, 1.82) is 5.26 Å². The highest BCUT2D eigenvalue weighted by Crippen LogP contribution is 2.27. The fourth-order valence-electron chi connectivity index (χ4n) is 1.85. The summed E-state index contributed by atoms with van der Waals surface area (Å²) in [6, 6.07) is 9.16. The van der Waals surface area contributed by atoms with Crippen molar-refractivity contribution in [2.75, 3.05) is 6.61 Å². The highest BCUT2D eigenvalue weighted by atomic mass is 16.6. The summed E-state index contributed by atoms with van der Waals surface area (Å²) in [7, 11) is 0. The van der Waals surface area contributed by atoms with Gasteiger partial charge in [-0.05, 0) is 19.9 Å². The molecule has 0 bridgehead atoms. The molecule has 1 aromatic carbocycles. The van der Waals surface area contributed by atoms with Gasteiger partial charge in [-0.2, -0.15) is 5.26 Å². The van der Waals surface area contributed by atoms with Gasteiger partial charge in [0.05, 0.1) is 6.61 Å². The molecule has 0 amide bonds. The number of nitriles is 1. The van der Waals surface area contributed by atoms with E-state index in [-0.39, 0.29) is 12.4 Å². The van der Waals surface area contributed by atoms with Gasteiger partial charge < -0.3 is 13.9 Å². The van der Waals surface area contributed by atoms with Gasteiger partial charge in [0, 0.05) is 17.6 Å². The maximum atomic E-state index is 12.0. The quantitative estimate of drug-likeness (QED) is 0.783. The maximum absolute atomic E-state index is 12.0. The van der Waals surface area contributed by atoms with Crippen LogP contribution >= 0.6 is 0 Å². The number of rotatable bonds is 5. The van der Waals surface area contributed by atoms with Crippen molar-refractivity contribution >= 4 is 16.9 Å². The predicted octanol–water partition coefficient (Wildman–Crippen LogP) is 3.04. The van der Waals surface area contributed by atoms with Crippen LogP contribution in [0.25, 0.3) is 11.0 Å². The van der Waals surface area contributed by atoms with Gasteiger partial charge in [0.15, 0.2) is 6.10 Å². The molecule has 20 heavy (non-hydrogen) atoms. The van der Waals surface area contributed by atoms with Crippen LogP contribution < -0.4 is 0 Å². The molecule has 0 radical (unpaired) electrons. The number of ether oxygens (including phenoxy) is 2. The SMILES string of the molecule is CCOCc1c(C(=O)O[C@@H](C)C#N)oc2ccccc12. The Hall–Kier alpha value is -2.32. The third-order valence-corrected chi connectivity index (χ3v) is 2.80. The van der Waals surface area contributed by atoms with Crippen molar-refractivity contribution in [3.8, 4) is 6.07 Å². The molecule has 2 rings (SSSR count). The Morgan fingerprint density at radius 3 is 2.90 bits per heavy atom. The van der Waals surface area contributed by atoms with E-state index in [1.807, 2.05) is 31.2 Å². The zero-order valence-electron chi connectivity index (χ0n) is 11.4. The van der Waals surface area contributed by atoms with Crippen molar-refractivity contribution in [3.05, 3.63) is 35.6 Å². The molecule has 0 spiro atoms. The lowest BCUT2D eigenvalue weighted by Gasteiger charge is -2.06. The number of hydrogen-bond acceptors (Lipinski definition) is 5. The minimum absolute atomic E-state index is 0.0988. The van der Waals surface area contributed by atoms with Gasteiger partial charge >= 0.3 is 5.97 Å². The average molecular weight is 273 g/mol. The molecule has 0 aliphatic rings. The van der Waals surface area contributed by atoms with Crippen LogP contribution in [0.4, 0.5) is 0 Å². The van der Waals surface area contributed by atoms with Crippen molar-refractivity contribution < 1.29 is 18.7 Å². The summed E-state index contributed by atoms with van der Waals surface area (Å²) in [5, 5.41) is 9.52. The smallest absolute Gasteiger partial charge is 0.375 e. The Morgan fingerprint density at radius 2 is 2.20 bits per heavy atom. The number of furan rings is 1. The largest absolute Gasteiger partial charge is 0.449 e. The van der Waals surface area contributed by atoms with Crippen LogP contribution in [-0.4, -0.2) is 18.7 Å². The number of para-hydroxylation sites is 1. The third-order valence-electron chi connectivity index (χ3n) is 2.80. The van der Waals surface area contributed by atoms with Crippen LogP contribution in [0.15, 0.2) is 28.7 Å². The summed E-state index contributed by atoms with van der Waals surface area (Å²) in [5.41, 5.74) is 1.25. The number of esters is 1. The van der Waals surface area contributed by atoms with Gasteiger partial charge in [-0.1, -0.05) is 18.2 Å². The van der Waals surface area contributed by atoms with E-state index in [4.69, 9.17) is 19.2 Å². The van der Waals surface area contributed by atoms with E-state index in [9.17, 15) is 4.79 Å². The first-order valence-corrected chi connectivity index (χ1v) is 6.36. The molecule has 0 saturated heterocycles. The molecular weight excluding hydrogens is 258 g/mol. The molecule has 5 heteroatoms. The Kier molecular flexibility index (Phi) is 4.38. The van der Waals surface area contributed by atoms with Crippen LogP contribution in [0.3, 0.4) is 0 Å². The van der Waals surface area contributed by atoms with Gasteiger partial charge in [0.25, 0.3) is 0 Å². The Labute approximate surface area is 116 Å². The van der Waals surface area contributed by atoms with Crippen LogP contribution in [0.5, 0.6) is 0 Å². The summed E-state index contributed by atoms with van der Waals surface area (Å²) in [5.74, 6) is -0.549.